The van der Waals surface area contributed by atoms with Crippen LogP contribution in [0.25, 0.3) is 0 Å². The van der Waals surface area contributed by atoms with Crippen LogP contribution in [0.1, 0.15) is 40.5 Å². The molecule has 1 aliphatic rings. The molecule has 0 radical (unpaired) electrons. The van der Waals surface area contributed by atoms with Gasteiger partial charge in [-0.15, -0.1) is 5.10 Å². The second kappa shape index (κ2) is 6.87. The maximum atomic E-state index is 5.99. The van der Waals surface area contributed by atoms with Crippen LogP contribution < -0.4 is 5.32 Å². The minimum Gasteiger partial charge on any atom is -0.371 e. The zero-order chi connectivity index (χ0) is 14.6. The lowest BCUT2D eigenvalue weighted by atomic mass is 10.1. The van der Waals surface area contributed by atoms with Crippen molar-refractivity contribution < 1.29 is 4.74 Å². The minimum absolute atomic E-state index is 0.0261. The van der Waals surface area contributed by atoms with Gasteiger partial charge in [0.05, 0.1) is 18.2 Å². The van der Waals surface area contributed by atoms with Crippen LogP contribution in [0.4, 0.5) is 0 Å². The molecule has 1 aromatic heterocycles. The molecule has 6 nitrogen and oxygen atoms in total. The van der Waals surface area contributed by atoms with E-state index in [1.165, 1.54) is 0 Å². The lowest BCUT2D eigenvalue weighted by Crippen LogP contribution is -2.27. The van der Waals surface area contributed by atoms with Gasteiger partial charge in [-0.3, -0.25) is 0 Å². The normalized spacial score (nSPS) is 21.8. The first kappa shape index (κ1) is 15.7. The second-order valence-electron chi connectivity index (χ2n) is 6.14. The lowest BCUT2D eigenvalue weighted by molar-refractivity contribution is -0.00469. The van der Waals surface area contributed by atoms with Crippen LogP contribution in [0.5, 0.6) is 0 Å². The summed E-state index contributed by atoms with van der Waals surface area (Å²) in [6.45, 7) is 10.2. The summed E-state index contributed by atoms with van der Waals surface area (Å²) in [6.07, 6.45) is 2.56. The summed E-state index contributed by atoms with van der Waals surface area (Å²) in [5, 5.41) is 16.1. The Labute approximate surface area is 125 Å². The molecule has 1 saturated heterocycles. The average molecular weight is 299 g/mol. The number of hydrogen-bond acceptors (Lipinski definition) is 6. The van der Waals surface area contributed by atoms with E-state index in [4.69, 9.17) is 4.74 Å². The number of hydrogen-bond donors (Lipinski definition) is 1. The number of rotatable bonds is 7. The Balaban J connectivity index is 1.77. The van der Waals surface area contributed by atoms with Crippen molar-refractivity contribution in [2.45, 2.75) is 70.0 Å². The second-order valence-corrected chi connectivity index (χ2v) is 7.13. The molecule has 0 aromatic carbocycles. The van der Waals surface area contributed by atoms with Crippen molar-refractivity contribution >= 4 is 11.8 Å². The van der Waals surface area contributed by atoms with E-state index in [-0.39, 0.29) is 5.60 Å². The standard InChI is InChI=1S/C13H25N5OS/c1-10(2)14-7-8-18-12(15-16-17-18)20-9-11-5-6-13(3,4)19-11/h10-11,14H,5-9H2,1-4H3. The highest BCUT2D eigenvalue weighted by Gasteiger charge is 2.31. The average Bonchev–Trinajstić information content (AvgIpc) is 2.93. The van der Waals surface area contributed by atoms with Gasteiger partial charge in [0.25, 0.3) is 0 Å². The molecule has 2 rings (SSSR count). The van der Waals surface area contributed by atoms with Gasteiger partial charge in [-0.1, -0.05) is 25.6 Å². The lowest BCUT2D eigenvalue weighted by Gasteiger charge is -2.18. The van der Waals surface area contributed by atoms with Gasteiger partial charge < -0.3 is 10.1 Å². The molecule has 1 aromatic rings. The van der Waals surface area contributed by atoms with Gasteiger partial charge in [0, 0.05) is 18.3 Å². The molecule has 1 aliphatic heterocycles. The maximum absolute atomic E-state index is 5.99. The third-order valence-electron chi connectivity index (χ3n) is 3.33. The van der Waals surface area contributed by atoms with Crippen LogP contribution in [0.15, 0.2) is 5.16 Å². The SMILES string of the molecule is CC(C)NCCn1nnnc1SCC1CCC(C)(C)O1. The summed E-state index contributed by atoms with van der Waals surface area (Å²) in [4.78, 5) is 0. The highest BCUT2D eigenvalue weighted by atomic mass is 32.2. The molecule has 0 bridgehead atoms. The zero-order valence-electron chi connectivity index (χ0n) is 12.8. The minimum atomic E-state index is 0.0261. The highest BCUT2D eigenvalue weighted by molar-refractivity contribution is 7.99. The quantitative estimate of drug-likeness (QED) is 0.773. The number of aromatic nitrogens is 4. The van der Waals surface area contributed by atoms with E-state index in [2.05, 4.69) is 48.5 Å². The Bertz CT molecular complexity index is 421. The summed E-state index contributed by atoms with van der Waals surface area (Å²) < 4.78 is 7.85. The Hall–Kier alpha value is -0.660. The third-order valence-corrected chi connectivity index (χ3v) is 4.42. The summed E-state index contributed by atoms with van der Waals surface area (Å²) in [5.41, 5.74) is 0.0261. The first-order valence-corrected chi connectivity index (χ1v) is 8.25. The van der Waals surface area contributed by atoms with Crippen molar-refractivity contribution in [2.24, 2.45) is 0 Å². The molecular formula is C13H25N5OS. The number of ether oxygens (including phenoxy) is 1. The summed E-state index contributed by atoms with van der Waals surface area (Å²) in [7, 11) is 0. The predicted octanol–water partition coefficient (Wildman–Crippen LogP) is 1.72. The van der Waals surface area contributed by atoms with E-state index in [9.17, 15) is 0 Å². The molecule has 20 heavy (non-hydrogen) atoms. The van der Waals surface area contributed by atoms with Crippen LogP contribution in [0.3, 0.4) is 0 Å². The third kappa shape index (κ3) is 4.71. The van der Waals surface area contributed by atoms with Gasteiger partial charge in [0.15, 0.2) is 0 Å². The molecule has 0 amide bonds. The molecule has 114 valence electrons. The molecule has 1 fully saturated rings. The molecule has 0 spiro atoms. The first-order valence-electron chi connectivity index (χ1n) is 7.26. The monoisotopic (exact) mass is 299 g/mol. The van der Waals surface area contributed by atoms with Crippen molar-refractivity contribution in [3.05, 3.63) is 0 Å². The highest BCUT2D eigenvalue weighted by Crippen LogP contribution is 2.32. The number of nitrogens with one attached hydrogen (secondary N) is 1. The molecular weight excluding hydrogens is 274 g/mol. The van der Waals surface area contributed by atoms with E-state index < -0.39 is 0 Å². The van der Waals surface area contributed by atoms with Crippen molar-refractivity contribution in [2.75, 3.05) is 12.3 Å². The van der Waals surface area contributed by atoms with Gasteiger partial charge in [-0.05, 0) is 37.1 Å². The first-order chi connectivity index (χ1) is 9.46. The van der Waals surface area contributed by atoms with Crippen LogP contribution in [0.2, 0.25) is 0 Å². The molecule has 7 heteroatoms. The van der Waals surface area contributed by atoms with Crippen LogP contribution in [-0.2, 0) is 11.3 Å². The molecule has 0 aliphatic carbocycles. The largest absolute Gasteiger partial charge is 0.371 e. The van der Waals surface area contributed by atoms with Gasteiger partial charge in [-0.2, -0.15) is 0 Å². The van der Waals surface area contributed by atoms with Crippen molar-refractivity contribution in [3.8, 4) is 0 Å². The van der Waals surface area contributed by atoms with Crippen LogP contribution >= 0.6 is 11.8 Å². The number of thioether (sulfide) groups is 1. The Morgan fingerprint density at radius 3 is 2.95 bits per heavy atom. The Morgan fingerprint density at radius 2 is 2.30 bits per heavy atom. The van der Waals surface area contributed by atoms with Gasteiger partial charge >= 0.3 is 0 Å². The van der Waals surface area contributed by atoms with Gasteiger partial charge in [0.1, 0.15) is 0 Å². The summed E-state index contributed by atoms with van der Waals surface area (Å²) in [5.74, 6) is 0.918. The predicted molar refractivity (Wildman–Crippen MR) is 79.9 cm³/mol. The molecule has 1 N–H and O–H groups in total. The number of tetrazole rings is 1. The van der Waals surface area contributed by atoms with E-state index in [0.29, 0.717) is 12.1 Å². The van der Waals surface area contributed by atoms with E-state index in [1.807, 2.05) is 4.68 Å². The fourth-order valence-electron chi connectivity index (χ4n) is 2.26. The number of nitrogens with zero attached hydrogens (tertiary/aromatic N) is 4. The summed E-state index contributed by atoms with van der Waals surface area (Å²) >= 11 is 1.68. The van der Waals surface area contributed by atoms with Crippen molar-refractivity contribution in [1.82, 2.24) is 25.5 Å². The Morgan fingerprint density at radius 1 is 1.50 bits per heavy atom. The van der Waals surface area contributed by atoms with Crippen molar-refractivity contribution in [3.63, 3.8) is 0 Å². The molecule has 1 atom stereocenters. The van der Waals surface area contributed by atoms with Crippen LogP contribution in [-0.4, -0.2) is 50.3 Å². The summed E-state index contributed by atoms with van der Waals surface area (Å²) in [6, 6.07) is 0.483. The molecule has 2 heterocycles. The van der Waals surface area contributed by atoms with E-state index >= 15 is 0 Å². The van der Waals surface area contributed by atoms with Gasteiger partial charge in [-0.25, -0.2) is 4.68 Å². The van der Waals surface area contributed by atoms with E-state index in [1.54, 1.807) is 11.8 Å². The zero-order valence-corrected chi connectivity index (χ0v) is 13.6. The van der Waals surface area contributed by atoms with Crippen molar-refractivity contribution in [1.29, 1.82) is 0 Å². The Kier molecular flexibility index (Phi) is 5.40. The molecule has 1 unspecified atom stereocenters. The topological polar surface area (TPSA) is 64.9 Å². The van der Waals surface area contributed by atoms with Crippen LogP contribution in [0, 0.1) is 0 Å². The maximum Gasteiger partial charge on any atom is 0.209 e. The smallest absolute Gasteiger partial charge is 0.209 e. The molecule has 0 saturated carbocycles. The van der Waals surface area contributed by atoms with Gasteiger partial charge in [0.2, 0.25) is 5.16 Å². The fourth-order valence-corrected chi connectivity index (χ4v) is 3.20. The van der Waals surface area contributed by atoms with E-state index in [0.717, 1.165) is 36.8 Å². The fraction of sp³-hybridized carbons (Fsp3) is 0.923.